The molecular formula is C15H18N2O. The highest BCUT2D eigenvalue weighted by Crippen LogP contribution is 2.56. The SMILES string of the molecule is CCn1ccnc1C(O)C1(c2ccccc2)CC1. The molecule has 0 spiro atoms. The van der Waals surface area contributed by atoms with E-state index in [4.69, 9.17) is 0 Å². The molecule has 94 valence electrons. The summed E-state index contributed by atoms with van der Waals surface area (Å²) in [5, 5.41) is 10.7. The number of hydrogen-bond acceptors (Lipinski definition) is 2. The second kappa shape index (κ2) is 4.25. The van der Waals surface area contributed by atoms with Gasteiger partial charge in [-0.15, -0.1) is 0 Å². The molecule has 1 aliphatic carbocycles. The number of aliphatic hydroxyl groups excluding tert-OH is 1. The molecule has 1 saturated carbocycles. The van der Waals surface area contributed by atoms with Gasteiger partial charge in [0.15, 0.2) is 0 Å². The zero-order chi connectivity index (χ0) is 12.6. The summed E-state index contributed by atoms with van der Waals surface area (Å²) in [5.41, 5.74) is 1.11. The van der Waals surface area contributed by atoms with Gasteiger partial charge in [-0.25, -0.2) is 4.98 Å². The third-order valence-electron chi connectivity index (χ3n) is 3.99. The molecule has 1 fully saturated rings. The molecule has 0 radical (unpaired) electrons. The predicted octanol–water partition coefficient (Wildman–Crippen LogP) is 2.67. The third-order valence-corrected chi connectivity index (χ3v) is 3.99. The molecule has 3 heteroatoms. The average molecular weight is 242 g/mol. The van der Waals surface area contributed by atoms with Crippen LogP contribution < -0.4 is 0 Å². The van der Waals surface area contributed by atoms with Crippen LogP contribution >= 0.6 is 0 Å². The van der Waals surface area contributed by atoms with Crippen molar-refractivity contribution >= 4 is 0 Å². The maximum Gasteiger partial charge on any atom is 0.138 e. The Bertz CT molecular complexity index is 528. The van der Waals surface area contributed by atoms with Crippen molar-refractivity contribution < 1.29 is 5.11 Å². The highest BCUT2D eigenvalue weighted by molar-refractivity contribution is 5.34. The molecule has 1 atom stereocenters. The summed E-state index contributed by atoms with van der Waals surface area (Å²) < 4.78 is 2.02. The first-order valence-electron chi connectivity index (χ1n) is 6.52. The van der Waals surface area contributed by atoms with Gasteiger partial charge < -0.3 is 9.67 Å². The van der Waals surface area contributed by atoms with E-state index in [1.807, 2.05) is 29.0 Å². The molecule has 0 aliphatic heterocycles. The van der Waals surface area contributed by atoms with Gasteiger partial charge in [-0.05, 0) is 25.3 Å². The van der Waals surface area contributed by atoms with Crippen molar-refractivity contribution in [2.45, 2.75) is 37.8 Å². The number of rotatable bonds is 4. The van der Waals surface area contributed by atoms with Crippen LogP contribution in [0.2, 0.25) is 0 Å². The molecule has 1 unspecified atom stereocenters. The molecule has 1 aliphatic rings. The van der Waals surface area contributed by atoms with Gasteiger partial charge in [0.2, 0.25) is 0 Å². The summed E-state index contributed by atoms with van der Waals surface area (Å²) in [6, 6.07) is 10.3. The largest absolute Gasteiger partial charge is 0.384 e. The van der Waals surface area contributed by atoms with Crippen LogP contribution in [0.25, 0.3) is 0 Å². The van der Waals surface area contributed by atoms with E-state index in [9.17, 15) is 5.11 Å². The Morgan fingerprint density at radius 3 is 2.67 bits per heavy atom. The van der Waals surface area contributed by atoms with Crippen molar-refractivity contribution in [3.63, 3.8) is 0 Å². The van der Waals surface area contributed by atoms with Gasteiger partial charge in [-0.1, -0.05) is 30.3 Å². The van der Waals surface area contributed by atoms with Crippen LogP contribution in [0.15, 0.2) is 42.7 Å². The van der Waals surface area contributed by atoms with Crippen LogP contribution in [-0.2, 0) is 12.0 Å². The number of nitrogens with zero attached hydrogens (tertiary/aromatic N) is 2. The van der Waals surface area contributed by atoms with E-state index in [0.717, 1.165) is 25.2 Å². The lowest BCUT2D eigenvalue weighted by Crippen LogP contribution is -2.21. The zero-order valence-corrected chi connectivity index (χ0v) is 10.6. The van der Waals surface area contributed by atoms with Crippen molar-refractivity contribution in [2.75, 3.05) is 0 Å². The summed E-state index contributed by atoms with van der Waals surface area (Å²) in [6.45, 7) is 2.91. The van der Waals surface area contributed by atoms with Crippen molar-refractivity contribution in [1.82, 2.24) is 9.55 Å². The van der Waals surface area contributed by atoms with E-state index in [1.54, 1.807) is 6.20 Å². The lowest BCUT2D eigenvalue weighted by Gasteiger charge is -2.23. The maximum absolute atomic E-state index is 10.7. The Morgan fingerprint density at radius 1 is 1.33 bits per heavy atom. The Kier molecular flexibility index (Phi) is 2.71. The van der Waals surface area contributed by atoms with Gasteiger partial charge in [0, 0.05) is 24.4 Å². The van der Waals surface area contributed by atoms with E-state index in [1.165, 1.54) is 5.56 Å². The topological polar surface area (TPSA) is 38.0 Å². The summed E-state index contributed by atoms with van der Waals surface area (Å²) >= 11 is 0. The van der Waals surface area contributed by atoms with Crippen LogP contribution in [0.5, 0.6) is 0 Å². The lowest BCUT2D eigenvalue weighted by atomic mass is 9.89. The van der Waals surface area contributed by atoms with Gasteiger partial charge in [0.1, 0.15) is 11.9 Å². The van der Waals surface area contributed by atoms with Crippen molar-refractivity contribution in [2.24, 2.45) is 0 Å². The minimum absolute atomic E-state index is 0.112. The van der Waals surface area contributed by atoms with Crippen LogP contribution in [0.1, 0.15) is 37.3 Å². The predicted molar refractivity (Wildman–Crippen MR) is 70.2 cm³/mol. The molecule has 1 heterocycles. The molecule has 0 saturated heterocycles. The molecule has 0 amide bonds. The minimum atomic E-state index is -0.505. The fourth-order valence-electron chi connectivity index (χ4n) is 2.71. The van der Waals surface area contributed by atoms with Crippen LogP contribution in [0.4, 0.5) is 0 Å². The number of imidazole rings is 1. The highest BCUT2D eigenvalue weighted by Gasteiger charge is 2.52. The maximum atomic E-state index is 10.7. The molecule has 3 nitrogen and oxygen atoms in total. The molecule has 18 heavy (non-hydrogen) atoms. The Balaban J connectivity index is 1.96. The first kappa shape index (κ1) is 11.5. The van der Waals surface area contributed by atoms with Crippen LogP contribution in [0.3, 0.4) is 0 Å². The van der Waals surface area contributed by atoms with Gasteiger partial charge in [-0.2, -0.15) is 0 Å². The Labute approximate surface area is 107 Å². The average Bonchev–Trinajstić information content (AvgIpc) is 3.10. The minimum Gasteiger partial charge on any atom is -0.384 e. The van der Waals surface area contributed by atoms with Crippen molar-refractivity contribution in [3.05, 3.63) is 54.1 Å². The van der Waals surface area contributed by atoms with Crippen molar-refractivity contribution in [3.8, 4) is 0 Å². The van der Waals surface area contributed by atoms with Crippen LogP contribution in [0, 0.1) is 0 Å². The second-order valence-electron chi connectivity index (χ2n) is 5.00. The van der Waals surface area contributed by atoms with E-state index >= 15 is 0 Å². The van der Waals surface area contributed by atoms with Crippen LogP contribution in [-0.4, -0.2) is 14.7 Å². The number of aliphatic hydroxyl groups is 1. The fraction of sp³-hybridized carbons (Fsp3) is 0.400. The first-order chi connectivity index (χ1) is 8.78. The molecule has 1 aromatic carbocycles. The highest BCUT2D eigenvalue weighted by atomic mass is 16.3. The zero-order valence-electron chi connectivity index (χ0n) is 10.6. The number of hydrogen-bond donors (Lipinski definition) is 1. The van der Waals surface area contributed by atoms with Gasteiger partial charge in [0.05, 0.1) is 0 Å². The smallest absolute Gasteiger partial charge is 0.138 e. The Morgan fingerprint density at radius 2 is 2.06 bits per heavy atom. The molecule has 0 bridgehead atoms. The van der Waals surface area contributed by atoms with E-state index < -0.39 is 6.10 Å². The molecule has 2 aromatic rings. The standard InChI is InChI=1S/C15H18N2O/c1-2-17-11-10-16-14(17)13(18)15(8-9-15)12-6-4-3-5-7-12/h3-7,10-11,13,18H,2,8-9H2,1H3. The van der Waals surface area contributed by atoms with E-state index in [0.29, 0.717) is 0 Å². The Hall–Kier alpha value is -1.61. The monoisotopic (exact) mass is 242 g/mol. The summed E-state index contributed by atoms with van der Waals surface area (Å²) in [5.74, 6) is 0.791. The summed E-state index contributed by atoms with van der Waals surface area (Å²) in [4.78, 5) is 4.33. The van der Waals surface area contributed by atoms with Gasteiger partial charge >= 0.3 is 0 Å². The summed E-state index contributed by atoms with van der Waals surface area (Å²) in [7, 11) is 0. The van der Waals surface area contributed by atoms with E-state index in [2.05, 4.69) is 24.0 Å². The number of benzene rings is 1. The van der Waals surface area contributed by atoms with Crippen molar-refractivity contribution in [1.29, 1.82) is 0 Å². The second-order valence-corrected chi connectivity index (χ2v) is 5.00. The molecule has 1 aromatic heterocycles. The molecular weight excluding hydrogens is 224 g/mol. The number of aryl methyl sites for hydroxylation is 1. The molecule has 1 N–H and O–H groups in total. The molecule has 3 rings (SSSR count). The first-order valence-corrected chi connectivity index (χ1v) is 6.52. The van der Waals surface area contributed by atoms with Gasteiger partial charge in [-0.3, -0.25) is 0 Å². The van der Waals surface area contributed by atoms with Gasteiger partial charge in [0.25, 0.3) is 0 Å². The fourth-order valence-corrected chi connectivity index (χ4v) is 2.71. The number of aromatic nitrogens is 2. The quantitative estimate of drug-likeness (QED) is 0.895. The third kappa shape index (κ3) is 1.66. The summed E-state index contributed by atoms with van der Waals surface area (Å²) in [6.07, 6.45) is 5.27. The normalized spacial score (nSPS) is 18.6. The van der Waals surface area contributed by atoms with E-state index in [-0.39, 0.29) is 5.41 Å². The lowest BCUT2D eigenvalue weighted by molar-refractivity contribution is 0.120.